The Kier molecular flexibility index (Phi) is 3.78. The van der Waals surface area contributed by atoms with Gasteiger partial charge in [0.1, 0.15) is 5.75 Å². The lowest BCUT2D eigenvalue weighted by Gasteiger charge is -2.37. The van der Waals surface area contributed by atoms with Crippen LogP contribution in [0.15, 0.2) is 18.2 Å². The van der Waals surface area contributed by atoms with E-state index in [2.05, 4.69) is 5.32 Å². The number of carbonyl (C=O) groups is 1. The normalized spacial score (nSPS) is 24.1. The monoisotopic (exact) mass is 268 g/mol. The van der Waals surface area contributed by atoms with Gasteiger partial charge in [0.25, 0.3) is 5.91 Å². The van der Waals surface area contributed by atoms with Gasteiger partial charge in [-0.15, -0.1) is 0 Å². The number of nitrogens with zero attached hydrogens (tertiary/aromatic N) is 1. The van der Waals surface area contributed by atoms with Crippen molar-refractivity contribution in [3.8, 4) is 5.75 Å². The number of carbonyl (C=O) groups excluding carboxylic acids is 1. The van der Waals surface area contributed by atoms with Gasteiger partial charge < -0.3 is 15.3 Å². The molecule has 1 saturated heterocycles. The molecule has 2 N–H and O–H groups in total. The lowest BCUT2D eigenvalue weighted by Crippen LogP contribution is -2.56. The highest BCUT2D eigenvalue weighted by Crippen LogP contribution is 2.24. The summed E-state index contributed by atoms with van der Waals surface area (Å²) in [6, 6.07) is 4.82. The zero-order chi connectivity index (χ0) is 13.3. The van der Waals surface area contributed by atoms with Crippen LogP contribution in [0.25, 0.3) is 0 Å². The minimum atomic E-state index is -0.128. The van der Waals surface area contributed by atoms with E-state index in [9.17, 15) is 9.90 Å². The van der Waals surface area contributed by atoms with Gasteiger partial charge in [-0.3, -0.25) is 4.79 Å². The Morgan fingerprint density at radius 1 is 1.50 bits per heavy atom. The summed E-state index contributed by atoms with van der Waals surface area (Å²) in [6.07, 6.45) is 0. The average molecular weight is 269 g/mol. The van der Waals surface area contributed by atoms with E-state index < -0.39 is 0 Å². The van der Waals surface area contributed by atoms with Crippen molar-refractivity contribution in [3.05, 3.63) is 28.8 Å². The second-order valence-corrected chi connectivity index (χ2v) is 5.19. The molecule has 2 atom stereocenters. The minimum absolute atomic E-state index is 0.0542. The number of hydrogen-bond donors (Lipinski definition) is 2. The van der Waals surface area contributed by atoms with E-state index in [1.807, 2.05) is 13.8 Å². The van der Waals surface area contributed by atoms with Gasteiger partial charge >= 0.3 is 0 Å². The van der Waals surface area contributed by atoms with Crippen molar-refractivity contribution >= 4 is 17.5 Å². The molecule has 1 heterocycles. The van der Waals surface area contributed by atoms with Crippen LogP contribution in [0.4, 0.5) is 0 Å². The quantitative estimate of drug-likeness (QED) is 0.818. The lowest BCUT2D eigenvalue weighted by molar-refractivity contribution is 0.0616. The fourth-order valence-electron chi connectivity index (χ4n) is 2.14. The van der Waals surface area contributed by atoms with E-state index >= 15 is 0 Å². The summed E-state index contributed by atoms with van der Waals surface area (Å²) in [6.45, 7) is 5.44. The van der Waals surface area contributed by atoms with Crippen molar-refractivity contribution in [2.45, 2.75) is 25.9 Å². The molecule has 1 aromatic carbocycles. The first kappa shape index (κ1) is 13.2. The zero-order valence-electron chi connectivity index (χ0n) is 10.5. The molecule has 2 unspecified atom stereocenters. The second kappa shape index (κ2) is 5.16. The van der Waals surface area contributed by atoms with Crippen LogP contribution in [0.1, 0.15) is 24.2 Å². The third-order valence-electron chi connectivity index (χ3n) is 3.21. The fraction of sp³-hybridized carbons (Fsp3) is 0.462. The maximum Gasteiger partial charge on any atom is 0.255 e. The van der Waals surface area contributed by atoms with E-state index in [1.165, 1.54) is 12.1 Å². The third-order valence-corrected chi connectivity index (χ3v) is 3.54. The van der Waals surface area contributed by atoms with Crippen LogP contribution >= 0.6 is 11.6 Å². The first-order valence-electron chi connectivity index (χ1n) is 6.02. The first-order chi connectivity index (χ1) is 8.49. The largest absolute Gasteiger partial charge is 0.508 e. The number of hydrogen-bond acceptors (Lipinski definition) is 3. The zero-order valence-corrected chi connectivity index (χ0v) is 11.2. The van der Waals surface area contributed by atoms with E-state index in [0.717, 1.165) is 6.54 Å². The van der Waals surface area contributed by atoms with E-state index in [4.69, 9.17) is 11.6 Å². The van der Waals surface area contributed by atoms with E-state index in [1.54, 1.807) is 11.0 Å². The van der Waals surface area contributed by atoms with Crippen molar-refractivity contribution < 1.29 is 9.90 Å². The van der Waals surface area contributed by atoms with Crippen LogP contribution in [0, 0.1) is 0 Å². The Hall–Kier alpha value is -1.26. The van der Waals surface area contributed by atoms with Gasteiger partial charge in [-0.25, -0.2) is 0 Å². The van der Waals surface area contributed by atoms with Crippen molar-refractivity contribution in [1.82, 2.24) is 10.2 Å². The Balaban J connectivity index is 2.27. The summed E-state index contributed by atoms with van der Waals surface area (Å²) >= 11 is 6.02. The first-order valence-corrected chi connectivity index (χ1v) is 6.39. The maximum absolute atomic E-state index is 12.4. The SMILES string of the molecule is CC1CN(C(=O)c2cc(O)ccc2Cl)C(C)CN1. The number of piperazine rings is 1. The molecule has 0 radical (unpaired) electrons. The van der Waals surface area contributed by atoms with E-state index in [-0.39, 0.29) is 23.7 Å². The van der Waals surface area contributed by atoms with Crippen LogP contribution in [0.3, 0.4) is 0 Å². The molecule has 0 aromatic heterocycles. The highest BCUT2D eigenvalue weighted by Gasteiger charge is 2.28. The predicted molar refractivity (Wildman–Crippen MR) is 71.1 cm³/mol. The number of amides is 1. The van der Waals surface area contributed by atoms with Gasteiger partial charge in [0.15, 0.2) is 0 Å². The van der Waals surface area contributed by atoms with Crippen molar-refractivity contribution in [2.75, 3.05) is 13.1 Å². The third kappa shape index (κ3) is 2.60. The molecule has 0 bridgehead atoms. The fourth-order valence-corrected chi connectivity index (χ4v) is 2.33. The van der Waals surface area contributed by atoms with Crippen LogP contribution in [0.5, 0.6) is 5.75 Å². The van der Waals surface area contributed by atoms with Crippen molar-refractivity contribution in [3.63, 3.8) is 0 Å². The smallest absolute Gasteiger partial charge is 0.255 e. The Morgan fingerprint density at radius 3 is 2.94 bits per heavy atom. The van der Waals surface area contributed by atoms with Crippen LogP contribution < -0.4 is 5.32 Å². The number of halogens is 1. The molecule has 0 aliphatic carbocycles. The maximum atomic E-state index is 12.4. The molecule has 98 valence electrons. The lowest BCUT2D eigenvalue weighted by atomic mass is 10.1. The summed E-state index contributed by atoms with van der Waals surface area (Å²) in [5, 5.41) is 13.2. The molecule has 1 aliphatic rings. The van der Waals surface area contributed by atoms with Gasteiger partial charge in [0.2, 0.25) is 0 Å². The number of phenols is 1. The molecular weight excluding hydrogens is 252 g/mol. The molecule has 1 amide bonds. The van der Waals surface area contributed by atoms with Gasteiger partial charge in [-0.1, -0.05) is 11.6 Å². The van der Waals surface area contributed by atoms with Crippen LogP contribution in [-0.2, 0) is 0 Å². The number of benzene rings is 1. The number of nitrogens with one attached hydrogen (secondary N) is 1. The summed E-state index contributed by atoms with van der Waals surface area (Å²) < 4.78 is 0. The Labute approximate surface area is 112 Å². The molecule has 0 saturated carbocycles. The molecule has 4 nitrogen and oxygen atoms in total. The standard InChI is InChI=1S/C13H17ClN2O2/c1-8-7-16(9(2)6-15-8)13(18)11-5-10(17)3-4-12(11)14/h3-5,8-9,15,17H,6-7H2,1-2H3. The minimum Gasteiger partial charge on any atom is -0.508 e. The van der Waals surface area contributed by atoms with E-state index in [0.29, 0.717) is 17.1 Å². The van der Waals surface area contributed by atoms with Gasteiger partial charge in [-0.05, 0) is 32.0 Å². The number of rotatable bonds is 1. The molecule has 5 heteroatoms. The topological polar surface area (TPSA) is 52.6 Å². The summed E-state index contributed by atoms with van der Waals surface area (Å²) in [7, 11) is 0. The van der Waals surface area contributed by atoms with Crippen LogP contribution in [-0.4, -0.2) is 41.1 Å². The molecule has 2 rings (SSSR count). The predicted octanol–water partition coefficient (Wildman–Crippen LogP) is 1.87. The summed E-state index contributed by atoms with van der Waals surface area (Å²) in [5.74, 6) is -0.0738. The molecular formula is C13H17ClN2O2. The average Bonchev–Trinajstić information content (AvgIpc) is 2.34. The van der Waals surface area contributed by atoms with Crippen molar-refractivity contribution in [2.24, 2.45) is 0 Å². The highest BCUT2D eigenvalue weighted by atomic mass is 35.5. The van der Waals surface area contributed by atoms with Gasteiger partial charge in [-0.2, -0.15) is 0 Å². The summed E-state index contributed by atoms with van der Waals surface area (Å²) in [4.78, 5) is 14.2. The van der Waals surface area contributed by atoms with Gasteiger partial charge in [0, 0.05) is 25.2 Å². The van der Waals surface area contributed by atoms with Crippen LogP contribution in [0.2, 0.25) is 5.02 Å². The number of phenolic OH excluding ortho intramolecular Hbond substituents is 1. The Bertz CT molecular complexity index is 464. The Morgan fingerprint density at radius 2 is 2.22 bits per heavy atom. The second-order valence-electron chi connectivity index (χ2n) is 4.78. The molecule has 1 fully saturated rings. The van der Waals surface area contributed by atoms with Gasteiger partial charge in [0.05, 0.1) is 10.6 Å². The van der Waals surface area contributed by atoms with Crippen molar-refractivity contribution in [1.29, 1.82) is 0 Å². The molecule has 0 spiro atoms. The molecule has 1 aliphatic heterocycles. The highest BCUT2D eigenvalue weighted by molar-refractivity contribution is 6.33. The number of aromatic hydroxyl groups is 1. The molecule has 18 heavy (non-hydrogen) atoms. The molecule has 1 aromatic rings. The summed E-state index contributed by atoms with van der Waals surface area (Å²) in [5.41, 5.74) is 0.359.